The Kier molecular flexibility index (Phi) is 5.54. The van der Waals surface area contributed by atoms with Crippen molar-refractivity contribution in [2.75, 3.05) is 6.54 Å². The first kappa shape index (κ1) is 15.2. The molecule has 1 aromatic rings. The number of aromatic nitrogens is 1. The number of aryl methyl sites for hydroxylation is 2. The molecule has 0 saturated heterocycles. The highest BCUT2D eigenvalue weighted by molar-refractivity contribution is 5.96. The number of aliphatic carboxylic acids is 1. The number of nitrogens with one attached hydrogen (secondary N) is 1. The molecule has 6 heteroatoms. The van der Waals surface area contributed by atoms with Gasteiger partial charge in [0.05, 0.1) is 5.69 Å². The second-order valence-corrected chi connectivity index (χ2v) is 4.50. The number of hydrogen-bond donors (Lipinski definition) is 2. The van der Waals surface area contributed by atoms with Crippen LogP contribution in [0.1, 0.15) is 48.5 Å². The zero-order valence-electron chi connectivity index (χ0n) is 11.5. The van der Waals surface area contributed by atoms with Crippen LogP contribution in [0.15, 0.2) is 4.52 Å². The SMILES string of the molecule is CCc1noc(C)c1C(=O)NCC(CC)CC(=O)O. The molecular formula is C13H20N2O4. The Balaban J connectivity index is 2.64. The second kappa shape index (κ2) is 6.92. The Labute approximate surface area is 112 Å². The predicted octanol–water partition coefficient (Wildman–Crippen LogP) is 1.78. The molecule has 2 N–H and O–H groups in total. The van der Waals surface area contributed by atoms with Crippen molar-refractivity contribution >= 4 is 11.9 Å². The molecule has 1 atom stereocenters. The van der Waals surface area contributed by atoms with Crippen molar-refractivity contribution in [3.63, 3.8) is 0 Å². The van der Waals surface area contributed by atoms with Gasteiger partial charge in [-0.05, 0) is 19.3 Å². The van der Waals surface area contributed by atoms with Crippen LogP contribution in [0.2, 0.25) is 0 Å². The number of nitrogens with zero attached hydrogens (tertiary/aromatic N) is 1. The zero-order valence-corrected chi connectivity index (χ0v) is 11.5. The number of carbonyl (C=O) groups is 2. The molecule has 1 amide bonds. The van der Waals surface area contributed by atoms with Crippen molar-refractivity contribution in [1.29, 1.82) is 0 Å². The van der Waals surface area contributed by atoms with Gasteiger partial charge in [0, 0.05) is 13.0 Å². The molecule has 0 saturated carbocycles. The van der Waals surface area contributed by atoms with Crippen molar-refractivity contribution in [2.24, 2.45) is 5.92 Å². The van der Waals surface area contributed by atoms with Gasteiger partial charge in [-0.15, -0.1) is 0 Å². The summed E-state index contributed by atoms with van der Waals surface area (Å²) >= 11 is 0. The number of hydrogen-bond acceptors (Lipinski definition) is 4. The monoisotopic (exact) mass is 268 g/mol. The maximum Gasteiger partial charge on any atom is 0.303 e. The number of amides is 1. The van der Waals surface area contributed by atoms with Crippen LogP contribution in [0.25, 0.3) is 0 Å². The molecule has 0 fully saturated rings. The van der Waals surface area contributed by atoms with E-state index in [4.69, 9.17) is 9.63 Å². The zero-order chi connectivity index (χ0) is 14.4. The number of carboxylic acids is 1. The van der Waals surface area contributed by atoms with Crippen LogP contribution < -0.4 is 5.32 Å². The van der Waals surface area contributed by atoms with E-state index in [0.717, 1.165) is 0 Å². The summed E-state index contributed by atoms with van der Waals surface area (Å²) in [5.41, 5.74) is 1.09. The molecule has 6 nitrogen and oxygen atoms in total. The summed E-state index contributed by atoms with van der Waals surface area (Å²) < 4.78 is 5.00. The molecule has 19 heavy (non-hydrogen) atoms. The normalized spacial score (nSPS) is 12.2. The fourth-order valence-corrected chi connectivity index (χ4v) is 1.88. The van der Waals surface area contributed by atoms with Crippen molar-refractivity contribution in [2.45, 2.75) is 40.0 Å². The summed E-state index contributed by atoms with van der Waals surface area (Å²) in [6.45, 7) is 5.83. The Bertz CT molecular complexity index is 453. The quantitative estimate of drug-likeness (QED) is 0.786. The fraction of sp³-hybridized carbons (Fsp3) is 0.615. The Morgan fingerprint density at radius 3 is 2.63 bits per heavy atom. The molecule has 106 valence electrons. The Morgan fingerprint density at radius 1 is 1.42 bits per heavy atom. The lowest BCUT2D eigenvalue weighted by molar-refractivity contribution is -0.138. The highest BCUT2D eigenvalue weighted by atomic mass is 16.5. The standard InChI is InChI=1S/C13H20N2O4/c1-4-9(6-11(16)17)7-14-13(18)12-8(3)19-15-10(12)5-2/h9H,4-7H2,1-3H3,(H,14,18)(H,16,17). The fourth-order valence-electron chi connectivity index (χ4n) is 1.88. The van der Waals surface area contributed by atoms with Gasteiger partial charge in [-0.2, -0.15) is 0 Å². The van der Waals surface area contributed by atoms with E-state index in [0.29, 0.717) is 36.4 Å². The first-order chi connectivity index (χ1) is 8.99. The average molecular weight is 268 g/mol. The van der Waals surface area contributed by atoms with Crippen molar-refractivity contribution in [3.05, 3.63) is 17.0 Å². The second-order valence-electron chi connectivity index (χ2n) is 4.50. The van der Waals surface area contributed by atoms with Gasteiger partial charge in [0.2, 0.25) is 0 Å². The van der Waals surface area contributed by atoms with Crippen LogP contribution in [0, 0.1) is 12.8 Å². The average Bonchev–Trinajstić information content (AvgIpc) is 2.74. The molecule has 0 aliphatic carbocycles. The molecule has 0 aliphatic rings. The molecule has 1 aromatic heterocycles. The summed E-state index contributed by atoms with van der Waals surface area (Å²) in [4.78, 5) is 22.7. The minimum atomic E-state index is -0.850. The first-order valence-electron chi connectivity index (χ1n) is 6.44. The van der Waals surface area contributed by atoms with Gasteiger partial charge >= 0.3 is 5.97 Å². The number of carbonyl (C=O) groups excluding carboxylic acids is 1. The van der Waals surface area contributed by atoms with Gasteiger partial charge in [0.25, 0.3) is 5.91 Å². The minimum absolute atomic E-state index is 0.0556. The largest absolute Gasteiger partial charge is 0.481 e. The highest BCUT2D eigenvalue weighted by Gasteiger charge is 2.20. The van der Waals surface area contributed by atoms with Crippen LogP contribution in [0.4, 0.5) is 0 Å². The predicted molar refractivity (Wildman–Crippen MR) is 69.0 cm³/mol. The number of carboxylic acid groups (broad SMARTS) is 1. The van der Waals surface area contributed by atoms with Gasteiger partial charge in [-0.3, -0.25) is 9.59 Å². The van der Waals surface area contributed by atoms with E-state index in [1.54, 1.807) is 6.92 Å². The third-order valence-electron chi connectivity index (χ3n) is 3.09. The highest BCUT2D eigenvalue weighted by Crippen LogP contribution is 2.14. The topological polar surface area (TPSA) is 92.4 Å². The molecular weight excluding hydrogens is 248 g/mol. The van der Waals surface area contributed by atoms with Crippen molar-refractivity contribution in [1.82, 2.24) is 10.5 Å². The van der Waals surface area contributed by atoms with Gasteiger partial charge in [0.15, 0.2) is 0 Å². The van der Waals surface area contributed by atoms with E-state index < -0.39 is 5.97 Å². The van der Waals surface area contributed by atoms with E-state index in [1.165, 1.54) is 0 Å². The molecule has 0 aliphatic heterocycles. The number of rotatable bonds is 7. The third kappa shape index (κ3) is 4.08. The summed E-state index contributed by atoms with van der Waals surface area (Å²) in [6.07, 6.45) is 1.38. The summed E-state index contributed by atoms with van der Waals surface area (Å²) in [7, 11) is 0. The van der Waals surface area contributed by atoms with Crippen LogP contribution in [0.5, 0.6) is 0 Å². The lowest BCUT2D eigenvalue weighted by Crippen LogP contribution is -2.30. The van der Waals surface area contributed by atoms with Crippen LogP contribution in [-0.2, 0) is 11.2 Å². The molecule has 0 aromatic carbocycles. The third-order valence-corrected chi connectivity index (χ3v) is 3.09. The van der Waals surface area contributed by atoms with Gasteiger partial charge in [-0.25, -0.2) is 0 Å². The lowest BCUT2D eigenvalue weighted by Gasteiger charge is -2.13. The Morgan fingerprint density at radius 2 is 2.11 bits per heavy atom. The van der Waals surface area contributed by atoms with E-state index in [2.05, 4.69) is 10.5 Å². The minimum Gasteiger partial charge on any atom is -0.481 e. The smallest absolute Gasteiger partial charge is 0.303 e. The van der Waals surface area contributed by atoms with Gasteiger partial charge < -0.3 is 14.9 Å². The summed E-state index contributed by atoms with van der Waals surface area (Å²) in [6, 6.07) is 0. The molecule has 0 spiro atoms. The molecule has 1 heterocycles. The van der Waals surface area contributed by atoms with E-state index in [9.17, 15) is 9.59 Å². The molecule has 0 bridgehead atoms. The van der Waals surface area contributed by atoms with Crippen LogP contribution in [-0.4, -0.2) is 28.7 Å². The first-order valence-corrected chi connectivity index (χ1v) is 6.44. The van der Waals surface area contributed by atoms with Gasteiger partial charge in [-0.1, -0.05) is 25.4 Å². The molecule has 0 radical (unpaired) electrons. The maximum atomic E-state index is 12.1. The van der Waals surface area contributed by atoms with Crippen molar-refractivity contribution < 1.29 is 19.2 Å². The van der Waals surface area contributed by atoms with Crippen LogP contribution >= 0.6 is 0 Å². The lowest BCUT2D eigenvalue weighted by atomic mass is 10.0. The van der Waals surface area contributed by atoms with E-state index in [1.807, 2.05) is 13.8 Å². The molecule has 1 rings (SSSR count). The summed E-state index contributed by atoms with van der Waals surface area (Å²) in [5, 5.41) is 15.3. The van der Waals surface area contributed by atoms with E-state index >= 15 is 0 Å². The maximum absolute atomic E-state index is 12.1. The van der Waals surface area contributed by atoms with Crippen molar-refractivity contribution in [3.8, 4) is 0 Å². The Hall–Kier alpha value is -1.85. The van der Waals surface area contributed by atoms with Crippen LogP contribution in [0.3, 0.4) is 0 Å². The van der Waals surface area contributed by atoms with E-state index in [-0.39, 0.29) is 18.2 Å². The van der Waals surface area contributed by atoms with Gasteiger partial charge in [0.1, 0.15) is 11.3 Å². The molecule has 1 unspecified atom stereocenters. The summed E-state index contributed by atoms with van der Waals surface area (Å²) in [5.74, 6) is -0.678.